The highest BCUT2D eigenvalue weighted by Crippen LogP contribution is 2.58. The molecular weight excluding hydrogens is 198 g/mol. The molecule has 0 aromatic carbocycles. The molecule has 4 rings (SSSR count). The summed E-state index contributed by atoms with van der Waals surface area (Å²) in [6, 6.07) is 2.21. The molecule has 1 N–H and O–H groups in total. The lowest BCUT2D eigenvalue weighted by Crippen LogP contribution is -2.63. The van der Waals surface area contributed by atoms with E-state index in [9.17, 15) is 0 Å². The van der Waals surface area contributed by atoms with Gasteiger partial charge in [-0.05, 0) is 30.7 Å². The second-order valence-electron chi connectivity index (χ2n) is 5.76. The number of rotatable bonds is 0. The summed E-state index contributed by atoms with van der Waals surface area (Å²) in [7, 11) is 0. The summed E-state index contributed by atoms with van der Waals surface area (Å²) in [5.74, 6) is 3.13. The SMILES string of the molecule is c1cc2c(o1)CCNC21CC2CCCCC21. The molecule has 3 unspecified atom stereocenters. The Hall–Kier alpha value is -0.760. The lowest BCUT2D eigenvalue weighted by Gasteiger charge is -2.59. The molecule has 16 heavy (non-hydrogen) atoms. The Bertz CT molecular complexity index is 411. The van der Waals surface area contributed by atoms with E-state index in [1.54, 1.807) is 0 Å². The van der Waals surface area contributed by atoms with E-state index in [1.807, 2.05) is 6.26 Å². The molecule has 2 fully saturated rings. The van der Waals surface area contributed by atoms with Gasteiger partial charge in [-0.1, -0.05) is 19.3 Å². The summed E-state index contributed by atoms with van der Waals surface area (Å²) in [6.45, 7) is 1.10. The van der Waals surface area contributed by atoms with Crippen molar-refractivity contribution in [1.82, 2.24) is 5.32 Å². The van der Waals surface area contributed by atoms with Gasteiger partial charge in [0, 0.05) is 18.5 Å². The van der Waals surface area contributed by atoms with Gasteiger partial charge >= 0.3 is 0 Å². The Balaban J connectivity index is 1.74. The number of furan rings is 1. The van der Waals surface area contributed by atoms with E-state index >= 15 is 0 Å². The van der Waals surface area contributed by atoms with E-state index in [-0.39, 0.29) is 0 Å². The second-order valence-corrected chi connectivity index (χ2v) is 5.76. The van der Waals surface area contributed by atoms with Crippen LogP contribution in [0.1, 0.15) is 43.4 Å². The summed E-state index contributed by atoms with van der Waals surface area (Å²) in [4.78, 5) is 0. The summed E-state index contributed by atoms with van der Waals surface area (Å²) >= 11 is 0. The van der Waals surface area contributed by atoms with Gasteiger partial charge in [0.2, 0.25) is 0 Å². The first-order valence-corrected chi connectivity index (χ1v) is 6.72. The summed E-state index contributed by atoms with van der Waals surface area (Å²) < 4.78 is 5.63. The fourth-order valence-corrected chi connectivity index (χ4v) is 4.44. The minimum Gasteiger partial charge on any atom is -0.469 e. The van der Waals surface area contributed by atoms with E-state index in [1.165, 1.54) is 43.4 Å². The predicted molar refractivity (Wildman–Crippen MR) is 62.2 cm³/mol. The Kier molecular flexibility index (Phi) is 1.82. The number of nitrogens with one attached hydrogen (secondary N) is 1. The lowest BCUT2D eigenvalue weighted by molar-refractivity contribution is -0.0359. The normalized spacial score (nSPS) is 41.2. The molecule has 1 aromatic heterocycles. The van der Waals surface area contributed by atoms with Crippen molar-refractivity contribution < 1.29 is 4.42 Å². The molecule has 3 aliphatic rings. The highest BCUT2D eigenvalue weighted by molar-refractivity contribution is 5.35. The molecule has 86 valence electrons. The Morgan fingerprint density at radius 3 is 3.19 bits per heavy atom. The van der Waals surface area contributed by atoms with Gasteiger partial charge in [0.05, 0.1) is 11.8 Å². The van der Waals surface area contributed by atoms with Crippen molar-refractivity contribution in [1.29, 1.82) is 0 Å². The molecular formula is C14H19NO. The molecule has 2 aliphatic carbocycles. The van der Waals surface area contributed by atoms with Crippen molar-refractivity contribution in [2.24, 2.45) is 11.8 Å². The van der Waals surface area contributed by atoms with Gasteiger partial charge in [0.25, 0.3) is 0 Å². The summed E-state index contributed by atoms with van der Waals surface area (Å²) in [5.41, 5.74) is 1.80. The van der Waals surface area contributed by atoms with Gasteiger partial charge in [-0.25, -0.2) is 0 Å². The second kappa shape index (κ2) is 3.13. The molecule has 0 amide bonds. The molecule has 0 bridgehead atoms. The molecule has 2 nitrogen and oxygen atoms in total. The van der Waals surface area contributed by atoms with Gasteiger partial charge in [0.1, 0.15) is 5.76 Å². The number of hydrogen-bond donors (Lipinski definition) is 1. The first-order valence-electron chi connectivity index (χ1n) is 6.72. The topological polar surface area (TPSA) is 25.2 Å². The van der Waals surface area contributed by atoms with Crippen molar-refractivity contribution in [3.8, 4) is 0 Å². The Labute approximate surface area is 96.4 Å². The van der Waals surface area contributed by atoms with Crippen molar-refractivity contribution in [3.05, 3.63) is 23.7 Å². The molecule has 1 spiro atoms. The first kappa shape index (κ1) is 9.29. The van der Waals surface area contributed by atoms with Gasteiger partial charge in [-0.2, -0.15) is 0 Å². The number of fused-ring (bicyclic) bond motifs is 4. The zero-order valence-electron chi connectivity index (χ0n) is 9.67. The van der Waals surface area contributed by atoms with Crippen LogP contribution in [-0.4, -0.2) is 6.54 Å². The molecule has 1 aliphatic heterocycles. The van der Waals surface area contributed by atoms with Gasteiger partial charge in [-0.3, -0.25) is 0 Å². The lowest BCUT2D eigenvalue weighted by atomic mass is 9.51. The van der Waals surface area contributed by atoms with Crippen LogP contribution in [0.15, 0.2) is 16.7 Å². The quantitative estimate of drug-likeness (QED) is 0.723. The molecule has 2 heterocycles. The highest BCUT2D eigenvalue weighted by Gasteiger charge is 2.56. The predicted octanol–water partition coefficient (Wildman–Crippen LogP) is 2.83. The van der Waals surface area contributed by atoms with Crippen molar-refractivity contribution in [3.63, 3.8) is 0 Å². The van der Waals surface area contributed by atoms with Crippen LogP contribution >= 0.6 is 0 Å². The van der Waals surface area contributed by atoms with Crippen molar-refractivity contribution >= 4 is 0 Å². The average Bonchev–Trinajstić information content (AvgIpc) is 2.76. The third-order valence-corrected chi connectivity index (χ3v) is 5.14. The van der Waals surface area contributed by atoms with Crippen LogP contribution in [0.2, 0.25) is 0 Å². The Morgan fingerprint density at radius 2 is 2.25 bits per heavy atom. The van der Waals surface area contributed by atoms with Crippen LogP contribution in [0.25, 0.3) is 0 Å². The Morgan fingerprint density at radius 1 is 1.31 bits per heavy atom. The van der Waals surface area contributed by atoms with Crippen molar-refractivity contribution in [2.75, 3.05) is 6.54 Å². The largest absolute Gasteiger partial charge is 0.469 e. The van der Waals surface area contributed by atoms with E-state index in [0.717, 1.165) is 24.8 Å². The molecule has 0 saturated heterocycles. The molecule has 0 radical (unpaired) electrons. The van der Waals surface area contributed by atoms with E-state index in [0.29, 0.717) is 5.54 Å². The maximum atomic E-state index is 5.63. The summed E-state index contributed by atoms with van der Waals surface area (Å²) in [5, 5.41) is 3.81. The molecule has 2 saturated carbocycles. The van der Waals surface area contributed by atoms with Gasteiger partial charge in [-0.15, -0.1) is 0 Å². The van der Waals surface area contributed by atoms with Crippen molar-refractivity contribution in [2.45, 2.75) is 44.1 Å². The number of hydrogen-bond acceptors (Lipinski definition) is 2. The zero-order chi connectivity index (χ0) is 10.6. The highest BCUT2D eigenvalue weighted by atomic mass is 16.3. The fraction of sp³-hybridized carbons (Fsp3) is 0.714. The summed E-state index contributed by atoms with van der Waals surface area (Å²) in [6.07, 6.45) is 10.1. The standard InChI is InChI=1S/C14H19NO/c1-2-4-11-10(3-1)9-14(11)12-6-8-16-13(12)5-7-15-14/h6,8,10-11,15H,1-5,7,9H2. The smallest absolute Gasteiger partial charge is 0.110 e. The van der Waals surface area contributed by atoms with E-state index in [2.05, 4.69) is 11.4 Å². The zero-order valence-corrected chi connectivity index (χ0v) is 9.67. The van der Waals surface area contributed by atoms with Crippen LogP contribution in [0.4, 0.5) is 0 Å². The van der Waals surface area contributed by atoms with Gasteiger partial charge in [0.15, 0.2) is 0 Å². The van der Waals surface area contributed by atoms with Gasteiger partial charge < -0.3 is 9.73 Å². The third kappa shape index (κ3) is 1.01. The fourth-order valence-electron chi connectivity index (χ4n) is 4.44. The molecule has 3 atom stereocenters. The first-order chi connectivity index (χ1) is 7.90. The van der Waals surface area contributed by atoms with Crippen LogP contribution in [-0.2, 0) is 12.0 Å². The molecule has 1 aromatic rings. The minimum atomic E-state index is 0.311. The van der Waals surface area contributed by atoms with E-state index in [4.69, 9.17) is 4.42 Å². The third-order valence-electron chi connectivity index (χ3n) is 5.14. The van der Waals surface area contributed by atoms with Crippen LogP contribution in [0.5, 0.6) is 0 Å². The average molecular weight is 217 g/mol. The van der Waals surface area contributed by atoms with E-state index < -0.39 is 0 Å². The minimum absolute atomic E-state index is 0.311. The van der Waals surface area contributed by atoms with Crippen LogP contribution in [0.3, 0.4) is 0 Å². The van der Waals surface area contributed by atoms with Crippen LogP contribution in [0, 0.1) is 11.8 Å². The molecule has 2 heteroatoms. The van der Waals surface area contributed by atoms with Crippen LogP contribution < -0.4 is 5.32 Å². The maximum absolute atomic E-state index is 5.63. The maximum Gasteiger partial charge on any atom is 0.110 e. The monoisotopic (exact) mass is 217 g/mol.